The van der Waals surface area contributed by atoms with Crippen molar-refractivity contribution in [3.63, 3.8) is 0 Å². The molecule has 0 fully saturated rings. The Morgan fingerprint density at radius 1 is 1.67 bits per heavy atom. The minimum atomic E-state index is -0.544. The third-order valence-electron chi connectivity index (χ3n) is 2.35. The number of anilines is 1. The third kappa shape index (κ3) is 1.94. The Kier molecular flexibility index (Phi) is 2.60. The first-order valence-electron chi connectivity index (χ1n) is 4.95. The van der Waals surface area contributed by atoms with Gasteiger partial charge in [-0.15, -0.1) is 0 Å². The summed E-state index contributed by atoms with van der Waals surface area (Å²) in [7, 11) is 0. The van der Waals surface area contributed by atoms with E-state index >= 15 is 0 Å². The fourth-order valence-electron chi connectivity index (χ4n) is 1.68. The number of carbonyl (C=O) groups excluding carboxylic acids is 1. The molecule has 1 unspecified atom stereocenters. The molecule has 4 heteroatoms. The molecule has 1 aliphatic rings. The summed E-state index contributed by atoms with van der Waals surface area (Å²) in [4.78, 5) is 11.4. The zero-order chi connectivity index (χ0) is 10.8. The summed E-state index contributed by atoms with van der Waals surface area (Å²) in [6.07, 6.45) is -0.0137. The van der Waals surface area contributed by atoms with Crippen LogP contribution in [0.25, 0.3) is 0 Å². The van der Waals surface area contributed by atoms with Gasteiger partial charge in [0.1, 0.15) is 6.23 Å². The fourth-order valence-corrected chi connectivity index (χ4v) is 1.68. The van der Waals surface area contributed by atoms with Crippen molar-refractivity contribution in [1.29, 1.82) is 0 Å². The van der Waals surface area contributed by atoms with Crippen molar-refractivity contribution in [3.8, 4) is 0 Å². The summed E-state index contributed by atoms with van der Waals surface area (Å²) in [5.74, 6) is -0.318. The molecule has 2 rings (SSSR count). The number of hydrogen-bond donors (Lipinski definition) is 2. The Morgan fingerprint density at radius 2 is 2.47 bits per heavy atom. The van der Waals surface area contributed by atoms with Gasteiger partial charge in [-0.2, -0.15) is 0 Å². The van der Waals surface area contributed by atoms with Gasteiger partial charge in [-0.1, -0.05) is 0 Å². The Labute approximate surface area is 87.9 Å². The van der Waals surface area contributed by atoms with Gasteiger partial charge >= 0.3 is 5.97 Å². The van der Waals surface area contributed by atoms with E-state index in [4.69, 9.17) is 4.74 Å². The van der Waals surface area contributed by atoms with Crippen molar-refractivity contribution >= 4 is 11.7 Å². The molecule has 1 atom stereocenters. The quantitative estimate of drug-likeness (QED) is 0.714. The van der Waals surface area contributed by atoms with Gasteiger partial charge in [0.15, 0.2) is 0 Å². The molecule has 1 aromatic carbocycles. The topological polar surface area (TPSA) is 58.6 Å². The van der Waals surface area contributed by atoms with E-state index in [0.29, 0.717) is 18.6 Å². The van der Waals surface area contributed by atoms with Gasteiger partial charge < -0.3 is 15.2 Å². The largest absolute Gasteiger partial charge is 0.462 e. The highest BCUT2D eigenvalue weighted by molar-refractivity contribution is 5.90. The summed E-state index contributed by atoms with van der Waals surface area (Å²) in [5.41, 5.74) is 2.37. The van der Waals surface area contributed by atoms with Crippen LogP contribution in [0.3, 0.4) is 0 Å². The van der Waals surface area contributed by atoms with Gasteiger partial charge in [-0.25, -0.2) is 4.79 Å². The van der Waals surface area contributed by atoms with E-state index < -0.39 is 6.23 Å². The molecule has 1 aromatic rings. The molecule has 0 bridgehead atoms. The first-order chi connectivity index (χ1) is 7.20. The van der Waals surface area contributed by atoms with E-state index in [1.807, 2.05) is 0 Å². The van der Waals surface area contributed by atoms with Crippen LogP contribution < -0.4 is 5.32 Å². The first-order valence-corrected chi connectivity index (χ1v) is 4.95. The van der Waals surface area contributed by atoms with E-state index in [9.17, 15) is 9.90 Å². The molecule has 1 aliphatic heterocycles. The summed E-state index contributed by atoms with van der Waals surface area (Å²) in [6, 6.07) is 5.25. The van der Waals surface area contributed by atoms with E-state index in [2.05, 4.69) is 5.32 Å². The number of hydrogen-bond acceptors (Lipinski definition) is 4. The fraction of sp³-hybridized carbons (Fsp3) is 0.364. The molecule has 1 heterocycles. The second-order valence-corrected chi connectivity index (χ2v) is 3.46. The summed E-state index contributed by atoms with van der Waals surface area (Å²) >= 11 is 0. The van der Waals surface area contributed by atoms with E-state index in [1.165, 1.54) is 0 Å². The molecule has 0 amide bonds. The molecule has 80 valence electrons. The Morgan fingerprint density at radius 3 is 3.20 bits per heavy atom. The highest BCUT2D eigenvalue weighted by Gasteiger charge is 2.19. The van der Waals surface area contributed by atoms with Gasteiger partial charge in [0.2, 0.25) is 0 Å². The lowest BCUT2D eigenvalue weighted by Gasteiger charge is -2.04. The lowest BCUT2D eigenvalue weighted by molar-refractivity contribution is 0.0526. The summed E-state index contributed by atoms with van der Waals surface area (Å²) in [6.45, 7) is 2.15. The van der Waals surface area contributed by atoms with Crippen LogP contribution in [-0.4, -0.2) is 23.9 Å². The Balaban J connectivity index is 2.23. The molecule has 0 spiro atoms. The van der Waals surface area contributed by atoms with Gasteiger partial charge in [0, 0.05) is 12.1 Å². The Hall–Kier alpha value is -1.55. The molecule has 4 nitrogen and oxygen atoms in total. The average molecular weight is 207 g/mol. The van der Waals surface area contributed by atoms with Crippen molar-refractivity contribution in [2.24, 2.45) is 0 Å². The average Bonchev–Trinajstić information content (AvgIpc) is 2.57. The van der Waals surface area contributed by atoms with Gasteiger partial charge in [-0.05, 0) is 30.7 Å². The third-order valence-corrected chi connectivity index (χ3v) is 2.35. The second kappa shape index (κ2) is 3.90. The Bertz CT molecular complexity index is 389. The number of aliphatic hydroxyl groups is 1. The number of esters is 1. The van der Waals surface area contributed by atoms with E-state index in [0.717, 1.165) is 11.3 Å². The highest BCUT2D eigenvalue weighted by Crippen LogP contribution is 2.25. The van der Waals surface area contributed by atoms with Crippen molar-refractivity contribution in [2.45, 2.75) is 19.6 Å². The number of aliphatic hydroxyl groups excluding tert-OH is 1. The predicted octanol–water partition coefficient (Wildman–Crippen LogP) is 1.15. The summed E-state index contributed by atoms with van der Waals surface area (Å²) < 4.78 is 4.89. The molecule has 0 radical (unpaired) electrons. The van der Waals surface area contributed by atoms with Crippen molar-refractivity contribution < 1.29 is 14.6 Å². The van der Waals surface area contributed by atoms with Crippen LogP contribution in [0.5, 0.6) is 0 Å². The first kappa shape index (κ1) is 9.98. The number of rotatable bonds is 2. The normalized spacial score (nSPS) is 18.1. The van der Waals surface area contributed by atoms with Crippen LogP contribution in [0.2, 0.25) is 0 Å². The zero-order valence-corrected chi connectivity index (χ0v) is 8.49. The predicted molar refractivity (Wildman–Crippen MR) is 55.7 cm³/mol. The zero-order valence-electron chi connectivity index (χ0n) is 8.49. The molecule has 0 aromatic heterocycles. The maximum absolute atomic E-state index is 11.4. The maximum atomic E-state index is 11.4. The van der Waals surface area contributed by atoms with E-state index in [-0.39, 0.29) is 5.97 Å². The molecule has 0 saturated carbocycles. The molecule has 2 N–H and O–H groups in total. The number of benzene rings is 1. The summed E-state index contributed by atoms with van der Waals surface area (Å²) in [5, 5.41) is 12.3. The molecular formula is C11H13NO3. The monoisotopic (exact) mass is 207 g/mol. The van der Waals surface area contributed by atoms with Gasteiger partial charge in [0.25, 0.3) is 0 Å². The SMILES string of the molecule is CCOC(=O)c1ccc2c(c1)CC(O)N2. The van der Waals surface area contributed by atoms with Crippen molar-refractivity contribution in [1.82, 2.24) is 0 Å². The van der Waals surface area contributed by atoms with Crippen LogP contribution in [0.15, 0.2) is 18.2 Å². The van der Waals surface area contributed by atoms with Crippen LogP contribution in [0.4, 0.5) is 5.69 Å². The number of carbonyl (C=O) groups is 1. The van der Waals surface area contributed by atoms with E-state index in [1.54, 1.807) is 25.1 Å². The smallest absolute Gasteiger partial charge is 0.338 e. The standard InChI is InChI=1S/C11H13NO3/c1-2-15-11(14)7-3-4-9-8(5-7)6-10(13)12-9/h3-5,10,12-13H,2,6H2,1H3. The van der Waals surface area contributed by atoms with Crippen molar-refractivity contribution in [3.05, 3.63) is 29.3 Å². The molecule has 0 aliphatic carbocycles. The minimum absolute atomic E-state index is 0.318. The van der Waals surface area contributed by atoms with Crippen LogP contribution in [0, 0.1) is 0 Å². The molecular weight excluding hydrogens is 194 g/mol. The highest BCUT2D eigenvalue weighted by atomic mass is 16.5. The van der Waals surface area contributed by atoms with Crippen LogP contribution in [-0.2, 0) is 11.2 Å². The molecule has 15 heavy (non-hydrogen) atoms. The number of nitrogens with one attached hydrogen (secondary N) is 1. The molecule has 0 saturated heterocycles. The maximum Gasteiger partial charge on any atom is 0.338 e. The van der Waals surface area contributed by atoms with Gasteiger partial charge in [-0.3, -0.25) is 0 Å². The van der Waals surface area contributed by atoms with Crippen LogP contribution >= 0.6 is 0 Å². The number of fused-ring (bicyclic) bond motifs is 1. The lowest BCUT2D eigenvalue weighted by Crippen LogP contribution is -2.12. The number of ether oxygens (including phenoxy) is 1. The lowest BCUT2D eigenvalue weighted by atomic mass is 10.1. The van der Waals surface area contributed by atoms with Crippen LogP contribution in [0.1, 0.15) is 22.8 Å². The minimum Gasteiger partial charge on any atom is -0.462 e. The second-order valence-electron chi connectivity index (χ2n) is 3.46. The van der Waals surface area contributed by atoms with Crippen molar-refractivity contribution in [2.75, 3.05) is 11.9 Å². The van der Waals surface area contributed by atoms with Gasteiger partial charge in [0.05, 0.1) is 12.2 Å².